The van der Waals surface area contributed by atoms with Gasteiger partial charge in [-0.3, -0.25) is 9.79 Å². The topological polar surface area (TPSA) is 67.5 Å². The summed E-state index contributed by atoms with van der Waals surface area (Å²) in [4.78, 5) is 16.6. The molecule has 2 aromatic carbocycles. The molecular formula is C22H23N3O. The van der Waals surface area contributed by atoms with Gasteiger partial charge >= 0.3 is 0 Å². The molecule has 1 aliphatic heterocycles. The molecular weight excluding hydrogens is 322 g/mol. The smallest absolute Gasteiger partial charge is 0.251 e. The van der Waals surface area contributed by atoms with Crippen LogP contribution in [-0.2, 0) is 6.54 Å². The van der Waals surface area contributed by atoms with Gasteiger partial charge in [-0.1, -0.05) is 36.6 Å². The summed E-state index contributed by atoms with van der Waals surface area (Å²) in [7, 11) is 0. The van der Waals surface area contributed by atoms with Crippen molar-refractivity contribution in [3.05, 3.63) is 70.8 Å². The normalized spacial score (nSPS) is 12.0. The highest BCUT2D eigenvalue weighted by Gasteiger charge is 2.12. The van der Waals surface area contributed by atoms with Crippen LogP contribution in [0.3, 0.4) is 0 Å². The SMILES string of the molecule is NCCCCCNC(=O)c1ccc(C#CC2=NCc3ccccc32)cc1. The summed E-state index contributed by atoms with van der Waals surface area (Å²) < 4.78 is 0. The Morgan fingerprint density at radius 1 is 1.04 bits per heavy atom. The van der Waals surface area contributed by atoms with Crippen molar-refractivity contribution in [1.29, 1.82) is 0 Å². The molecule has 0 unspecified atom stereocenters. The van der Waals surface area contributed by atoms with E-state index in [0.717, 1.165) is 36.1 Å². The van der Waals surface area contributed by atoms with E-state index in [0.29, 0.717) is 25.2 Å². The van der Waals surface area contributed by atoms with Gasteiger partial charge in [0.2, 0.25) is 0 Å². The molecule has 1 amide bonds. The Morgan fingerprint density at radius 3 is 2.65 bits per heavy atom. The number of hydrogen-bond donors (Lipinski definition) is 2. The van der Waals surface area contributed by atoms with Crippen molar-refractivity contribution < 1.29 is 4.79 Å². The fraction of sp³-hybridized carbons (Fsp3) is 0.273. The minimum Gasteiger partial charge on any atom is -0.352 e. The highest BCUT2D eigenvalue weighted by Crippen LogP contribution is 2.17. The summed E-state index contributed by atoms with van der Waals surface area (Å²) in [6.45, 7) is 2.08. The van der Waals surface area contributed by atoms with Crippen LogP contribution in [0.2, 0.25) is 0 Å². The Labute approximate surface area is 154 Å². The molecule has 0 spiro atoms. The van der Waals surface area contributed by atoms with Crippen molar-refractivity contribution in [1.82, 2.24) is 5.32 Å². The first-order chi connectivity index (χ1) is 12.8. The predicted octanol–water partition coefficient (Wildman–Crippen LogP) is 2.90. The molecule has 4 heteroatoms. The lowest BCUT2D eigenvalue weighted by Crippen LogP contribution is -2.24. The lowest BCUT2D eigenvalue weighted by Gasteiger charge is -2.05. The van der Waals surface area contributed by atoms with E-state index in [-0.39, 0.29) is 5.91 Å². The number of carbonyl (C=O) groups is 1. The van der Waals surface area contributed by atoms with Crippen LogP contribution >= 0.6 is 0 Å². The van der Waals surface area contributed by atoms with Crippen molar-refractivity contribution in [2.24, 2.45) is 10.7 Å². The molecule has 0 atom stereocenters. The lowest BCUT2D eigenvalue weighted by atomic mass is 10.1. The minimum atomic E-state index is -0.0497. The fourth-order valence-corrected chi connectivity index (χ4v) is 2.83. The zero-order valence-electron chi connectivity index (χ0n) is 14.8. The highest BCUT2D eigenvalue weighted by molar-refractivity contribution is 6.15. The molecule has 0 fully saturated rings. The van der Waals surface area contributed by atoms with Gasteiger partial charge < -0.3 is 11.1 Å². The number of nitrogens with zero attached hydrogens (tertiary/aromatic N) is 1. The number of rotatable bonds is 6. The third-order valence-corrected chi connectivity index (χ3v) is 4.32. The van der Waals surface area contributed by atoms with Crippen LogP contribution in [0.25, 0.3) is 0 Å². The standard InChI is InChI=1S/C22H23N3O/c23-14-4-1-5-15-24-22(26)18-11-8-17(9-12-18)10-13-21-20-7-3-2-6-19(20)16-25-21/h2-3,6-9,11-12H,1,4-5,14-16,23H2,(H,24,26). The molecule has 132 valence electrons. The predicted molar refractivity (Wildman–Crippen MR) is 105 cm³/mol. The van der Waals surface area contributed by atoms with E-state index >= 15 is 0 Å². The number of fused-ring (bicyclic) bond motifs is 1. The van der Waals surface area contributed by atoms with Gasteiger partial charge in [0.05, 0.1) is 6.54 Å². The van der Waals surface area contributed by atoms with Crippen molar-refractivity contribution in [2.45, 2.75) is 25.8 Å². The third-order valence-electron chi connectivity index (χ3n) is 4.32. The molecule has 1 heterocycles. The van der Waals surface area contributed by atoms with Crippen LogP contribution in [0.15, 0.2) is 53.5 Å². The van der Waals surface area contributed by atoms with E-state index in [9.17, 15) is 4.79 Å². The maximum atomic E-state index is 12.1. The van der Waals surface area contributed by atoms with Gasteiger partial charge in [0.1, 0.15) is 5.71 Å². The molecule has 0 aliphatic carbocycles. The third kappa shape index (κ3) is 4.59. The zero-order valence-corrected chi connectivity index (χ0v) is 14.8. The summed E-state index contributed by atoms with van der Waals surface area (Å²) in [5.41, 5.74) is 10.1. The van der Waals surface area contributed by atoms with Crippen LogP contribution in [0.1, 0.15) is 46.3 Å². The van der Waals surface area contributed by atoms with Gasteiger partial charge in [0.15, 0.2) is 0 Å². The monoisotopic (exact) mass is 345 g/mol. The first kappa shape index (κ1) is 17.9. The average Bonchev–Trinajstić information content (AvgIpc) is 3.10. The number of hydrogen-bond acceptors (Lipinski definition) is 3. The quantitative estimate of drug-likeness (QED) is 0.624. The second-order valence-electron chi connectivity index (χ2n) is 6.25. The Bertz CT molecular complexity index is 857. The van der Waals surface area contributed by atoms with Crippen LogP contribution in [0, 0.1) is 11.8 Å². The number of aliphatic imine (C=N–C) groups is 1. The number of nitrogens with two attached hydrogens (primary N) is 1. The van der Waals surface area contributed by atoms with Crippen molar-refractivity contribution in [3.8, 4) is 11.8 Å². The lowest BCUT2D eigenvalue weighted by molar-refractivity contribution is 0.0953. The van der Waals surface area contributed by atoms with E-state index in [2.05, 4.69) is 34.3 Å². The second kappa shape index (κ2) is 8.98. The van der Waals surface area contributed by atoms with Crippen LogP contribution in [0.4, 0.5) is 0 Å². The van der Waals surface area contributed by atoms with Crippen molar-refractivity contribution >= 4 is 11.6 Å². The molecule has 4 nitrogen and oxygen atoms in total. The summed E-state index contributed by atoms with van der Waals surface area (Å²) >= 11 is 0. The van der Waals surface area contributed by atoms with E-state index in [1.807, 2.05) is 36.4 Å². The molecule has 0 bridgehead atoms. The molecule has 1 aliphatic rings. The number of carbonyl (C=O) groups excluding carboxylic acids is 1. The summed E-state index contributed by atoms with van der Waals surface area (Å²) in [6, 6.07) is 15.5. The van der Waals surface area contributed by atoms with Gasteiger partial charge in [0.25, 0.3) is 5.91 Å². The maximum Gasteiger partial charge on any atom is 0.251 e. The number of unbranched alkanes of at least 4 members (excludes halogenated alkanes) is 2. The van der Waals surface area contributed by atoms with E-state index < -0.39 is 0 Å². The fourth-order valence-electron chi connectivity index (χ4n) is 2.83. The average molecular weight is 345 g/mol. The molecule has 0 saturated carbocycles. The summed E-state index contributed by atoms with van der Waals surface area (Å²) in [6.07, 6.45) is 2.99. The molecule has 3 rings (SSSR count). The van der Waals surface area contributed by atoms with E-state index in [1.54, 1.807) is 0 Å². The van der Waals surface area contributed by atoms with Gasteiger partial charge in [-0.15, -0.1) is 0 Å². The molecule has 2 aromatic rings. The van der Waals surface area contributed by atoms with E-state index in [1.165, 1.54) is 5.56 Å². The number of nitrogens with one attached hydrogen (secondary N) is 1. The van der Waals surface area contributed by atoms with Gasteiger partial charge in [-0.05, 0) is 55.1 Å². The first-order valence-corrected chi connectivity index (χ1v) is 9.01. The van der Waals surface area contributed by atoms with Crippen molar-refractivity contribution in [2.75, 3.05) is 13.1 Å². The second-order valence-corrected chi connectivity index (χ2v) is 6.25. The first-order valence-electron chi connectivity index (χ1n) is 9.01. The largest absolute Gasteiger partial charge is 0.352 e. The highest BCUT2D eigenvalue weighted by atomic mass is 16.1. The minimum absolute atomic E-state index is 0.0497. The van der Waals surface area contributed by atoms with Gasteiger partial charge in [-0.25, -0.2) is 0 Å². The Morgan fingerprint density at radius 2 is 1.85 bits per heavy atom. The van der Waals surface area contributed by atoms with Crippen LogP contribution in [-0.4, -0.2) is 24.7 Å². The van der Waals surface area contributed by atoms with E-state index in [4.69, 9.17) is 5.73 Å². The maximum absolute atomic E-state index is 12.1. The van der Waals surface area contributed by atoms with Gasteiger partial charge in [0, 0.05) is 23.2 Å². The molecule has 0 aromatic heterocycles. The number of benzene rings is 2. The Kier molecular flexibility index (Phi) is 6.19. The number of amides is 1. The van der Waals surface area contributed by atoms with Crippen LogP contribution < -0.4 is 11.1 Å². The molecule has 0 saturated heterocycles. The molecule has 3 N–H and O–H groups in total. The Hall–Kier alpha value is -2.90. The van der Waals surface area contributed by atoms with Crippen molar-refractivity contribution in [3.63, 3.8) is 0 Å². The summed E-state index contributed by atoms with van der Waals surface area (Å²) in [5.74, 6) is 6.23. The molecule has 0 radical (unpaired) electrons. The zero-order chi connectivity index (χ0) is 18.2. The molecule has 26 heavy (non-hydrogen) atoms. The van der Waals surface area contributed by atoms with Gasteiger partial charge in [-0.2, -0.15) is 0 Å². The Balaban J connectivity index is 1.57. The van der Waals surface area contributed by atoms with Crippen LogP contribution in [0.5, 0.6) is 0 Å². The summed E-state index contributed by atoms with van der Waals surface area (Å²) in [5, 5.41) is 2.93.